The summed E-state index contributed by atoms with van der Waals surface area (Å²) < 4.78 is 0. The lowest BCUT2D eigenvalue weighted by atomic mass is 9.86. The SMILES string of the molecule is Bc1cc2cc(CC(C)(C)C)ccc2c(-c2cc(CC)cc(CC)c2)n1. The molecule has 2 aromatic carbocycles. The molecule has 0 aliphatic rings. The van der Waals surface area contributed by atoms with E-state index in [0.717, 1.165) is 30.5 Å². The van der Waals surface area contributed by atoms with Crippen LogP contribution in [-0.4, -0.2) is 12.8 Å². The fourth-order valence-electron chi connectivity index (χ4n) is 3.69. The molecule has 0 aliphatic carbocycles. The Bertz CT molecular complexity index is 913. The molecule has 2 heteroatoms. The van der Waals surface area contributed by atoms with Crippen molar-refractivity contribution in [3.63, 3.8) is 0 Å². The second kappa shape index (κ2) is 7.27. The predicted molar refractivity (Wildman–Crippen MR) is 117 cm³/mol. The lowest BCUT2D eigenvalue weighted by Crippen LogP contribution is -2.11. The molecule has 0 saturated heterocycles. The maximum atomic E-state index is 4.93. The number of fused-ring (bicyclic) bond motifs is 1. The number of nitrogens with zero attached hydrogens (tertiary/aromatic N) is 1. The van der Waals surface area contributed by atoms with Crippen molar-refractivity contribution in [2.45, 2.75) is 53.9 Å². The van der Waals surface area contributed by atoms with Gasteiger partial charge in [-0.1, -0.05) is 58.9 Å². The van der Waals surface area contributed by atoms with Gasteiger partial charge in [0, 0.05) is 10.9 Å². The zero-order chi connectivity index (χ0) is 18.9. The summed E-state index contributed by atoms with van der Waals surface area (Å²) in [5, 5.41) is 2.55. The van der Waals surface area contributed by atoms with Gasteiger partial charge in [-0.25, -0.2) is 0 Å². The topological polar surface area (TPSA) is 12.9 Å². The van der Waals surface area contributed by atoms with Crippen molar-refractivity contribution in [1.82, 2.24) is 4.98 Å². The molecule has 134 valence electrons. The molecule has 3 rings (SSSR count). The third-order valence-electron chi connectivity index (χ3n) is 4.90. The fourth-order valence-corrected chi connectivity index (χ4v) is 3.69. The van der Waals surface area contributed by atoms with Crippen molar-refractivity contribution >= 4 is 24.2 Å². The summed E-state index contributed by atoms with van der Waals surface area (Å²) in [5.74, 6) is 0. The number of rotatable bonds is 4. The molecule has 3 aromatic rings. The van der Waals surface area contributed by atoms with Crippen molar-refractivity contribution in [2.75, 3.05) is 0 Å². The fraction of sp³-hybridized carbons (Fsp3) is 0.375. The summed E-state index contributed by atoms with van der Waals surface area (Å²) in [5.41, 5.74) is 7.92. The lowest BCUT2D eigenvalue weighted by Gasteiger charge is -2.19. The van der Waals surface area contributed by atoms with E-state index in [-0.39, 0.29) is 0 Å². The van der Waals surface area contributed by atoms with E-state index in [2.05, 4.69) is 84.9 Å². The zero-order valence-electron chi connectivity index (χ0n) is 17.1. The standard InChI is InChI=1S/C24H30BN/c1-6-16-10-17(7-2)12-20(11-16)23-21-9-8-18(15-24(3,4)5)13-19(21)14-22(25)26-23/h8-14H,6-7,15,25H2,1-5H3. The van der Waals surface area contributed by atoms with Crippen LogP contribution in [0, 0.1) is 5.41 Å². The van der Waals surface area contributed by atoms with Crippen LogP contribution in [0.2, 0.25) is 0 Å². The third-order valence-corrected chi connectivity index (χ3v) is 4.90. The van der Waals surface area contributed by atoms with E-state index in [9.17, 15) is 0 Å². The second-order valence-corrected chi connectivity index (χ2v) is 8.65. The average Bonchev–Trinajstić information content (AvgIpc) is 2.58. The molecule has 0 unspecified atom stereocenters. The average molecular weight is 343 g/mol. The summed E-state index contributed by atoms with van der Waals surface area (Å²) in [6, 6.07) is 16.1. The van der Waals surface area contributed by atoms with Crippen LogP contribution in [0.3, 0.4) is 0 Å². The molecule has 0 atom stereocenters. The second-order valence-electron chi connectivity index (χ2n) is 8.65. The molecular weight excluding hydrogens is 313 g/mol. The lowest BCUT2D eigenvalue weighted by molar-refractivity contribution is 0.411. The van der Waals surface area contributed by atoms with E-state index in [0.29, 0.717) is 5.41 Å². The molecule has 26 heavy (non-hydrogen) atoms. The minimum atomic E-state index is 0.296. The first kappa shape index (κ1) is 18.7. The zero-order valence-corrected chi connectivity index (χ0v) is 17.1. The molecule has 1 aromatic heterocycles. The normalized spacial score (nSPS) is 11.9. The van der Waals surface area contributed by atoms with Gasteiger partial charge in [0.25, 0.3) is 0 Å². The summed E-state index contributed by atoms with van der Waals surface area (Å²) in [7, 11) is 2.10. The van der Waals surface area contributed by atoms with Crippen molar-refractivity contribution < 1.29 is 0 Å². The Kier molecular flexibility index (Phi) is 5.23. The number of hydrogen-bond donors (Lipinski definition) is 0. The quantitative estimate of drug-likeness (QED) is 0.616. The van der Waals surface area contributed by atoms with Crippen molar-refractivity contribution in [3.8, 4) is 11.3 Å². The van der Waals surface area contributed by atoms with Crippen LogP contribution in [0.4, 0.5) is 0 Å². The highest BCUT2D eigenvalue weighted by atomic mass is 14.7. The summed E-state index contributed by atoms with van der Waals surface area (Å²) in [4.78, 5) is 4.93. The molecule has 0 aliphatic heterocycles. The van der Waals surface area contributed by atoms with Crippen LogP contribution in [-0.2, 0) is 19.3 Å². The molecule has 1 nitrogen and oxygen atoms in total. The van der Waals surface area contributed by atoms with Gasteiger partial charge in [0.1, 0.15) is 0 Å². The van der Waals surface area contributed by atoms with Gasteiger partial charge < -0.3 is 0 Å². The van der Waals surface area contributed by atoms with E-state index in [4.69, 9.17) is 4.98 Å². The van der Waals surface area contributed by atoms with Gasteiger partial charge in [-0.2, -0.15) is 0 Å². The van der Waals surface area contributed by atoms with Gasteiger partial charge in [-0.15, -0.1) is 0 Å². The Labute approximate surface area is 159 Å². The molecule has 0 N–H and O–H groups in total. The summed E-state index contributed by atoms with van der Waals surface area (Å²) in [6.07, 6.45) is 3.20. The van der Waals surface area contributed by atoms with Crippen LogP contribution < -0.4 is 5.59 Å². The molecule has 0 spiro atoms. The summed E-state index contributed by atoms with van der Waals surface area (Å²) >= 11 is 0. The van der Waals surface area contributed by atoms with E-state index >= 15 is 0 Å². The highest BCUT2D eigenvalue weighted by molar-refractivity contribution is 6.32. The number of pyridine rings is 1. The maximum absolute atomic E-state index is 4.93. The first-order valence-corrected chi connectivity index (χ1v) is 9.82. The molecule has 0 bridgehead atoms. The number of hydrogen-bond acceptors (Lipinski definition) is 1. The first-order valence-electron chi connectivity index (χ1n) is 9.82. The first-order chi connectivity index (χ1) is 12.3. The van der Waals surface area contributed by atoms with Gasteiger partial charge in [0.15, 0.2) is 7.85 Å². The Balaban J connectivity index is 2.17. The van der Waals surface area contributed by atoms with E-state index in [1.807, 2.05) is 0 Å². The van der Waals surface area contributed by atoms with Crippen LogP contribution in [0.25, 0.3) is 22.0 Å². The smallest absolute Gasteiger partial charge is 0.163 e. The molecule has 0 saturated carbocycles. The van der Waals surface area contributed by atoms with Crippen molar-refractivity contribution in [1.29, 1.82) is 0 Å². The molecular formula is C24H30BN. The van der Waals surface area contributed by atoms with Gasteiger partial charge in [0.05, 0.1) is 5.69 Å². The van der Waals surface area contributed by atoms with E-state index < -0.39 is 0 Å². The number of aryl methyl sites for hydroxylation is 2. The highest BCUT2D eigenvalue weighted by Crippen LogP contribution is 2.30. The van der Waals surface area contributed by atoms with Gasteiger partial charge in [-0.3, -0.25) is 4.98 Å². The maximum Gasteiger partial charge on any atom is 0.163 e. The highest BCUT2D eigenvalue weighted by Gasteiger charge is 2.14. The van der Waals surface area contributed by atoms with Gasteiger partial charge in [-0.05, 0) is 70.5 Å². The predicted octanol–water partition coefficient (Wildman–Crippen LogP) is 4.87. The molecule has 1 heterocycles. The minimum Gasteiger partial charge on any atom is -0.263 e. The van der Waals surface area contributed by atoms with E-state index in [1.165, 1.54) is 33.0 Å². The summed E-state index contributed by atoms with van der Waals surface area (Å²) in [6.45, 7) is 11.3. The molecule has 0 radical (unpaired) electrons. The Morgan fingerprint density at radius 1 is 0.846 bits per heavy atom. The number of benzene rings is 2. The van der Waals surface area contributed by atoms with Crippen molar-refractivity contribution in [2.24, 2.45) is 5.41 Å². The monoisotopic (exact) mass is 343 g/mol. The van der Waals surface area contributed by atoms with Crippen LogP contribution in [0.5, 0.6) is 0 Å². The Morgan fingerprint density at radius 2 is 1.50 bits per heavy atom. The van der Waals surface area contributed by atoms with Crippen LogP contribution in [0.1, 0.15) is 51.3 Å². The Hall–Kier alpha value is -2.09. The van der Waals surface area contributed by atoms with Crippen LogP contribution in [0.15, 0.2) is 42.5 Å². The molecule has 0 amide bonds. The third kappa shape index (κ3) is 4.18. The van der Waals surface area contributed by atoms with Gasteiger partial charge >= 0.3 is 0 Å². The molecule has 0 fully saturated rings. The largest absolute Gasteiger partial charge is 0.263 e. The Morgan fingerprint density at radius 3 is 2.08 bits per heavy atom. The minimum absolute atomic E-state index is 0.296. The van der Waals surface area contributed by atoms with Crippen LogP contribution >= 0.6 is 0 Å². The van der Waals surface area contributed by atoms with E-state index in [1.54, 1.807) is 0 Å². The number of aromatic nitrogens is 1. The van der Waals surface area contributed by atoms with Crippen molar-refractivity contribution in [3.05, 3.63) is 59.2 Å². The van der Waals surface area contributed by atoms with Gasteiger partial charge in [0.2, 0.25) is 0 Å².